The summed E-state index contributed by atoms with van der Waals surface area (Å²) in [5, 5.41) is 16.8. The van der Waals surface area contributed by atoms with Crippen molar-refractivity contribution in [2.75, 3.05) is 31.9 Å². The van der Waals surface area contributed by atoms with Crippen LogP contribution in [0.4, 0.5) is 4.79 Å². The predicted molar refractivity (Wildman–Crippen MR) is 173 cm³/mol. The van der Waals surface area contributed by atoms with Crippen LogP contribution in [0.3, 0.4) is 0 Å². The molecule has 0 saturated carbocycles. The molecule has 0 radical (unpaired) electrons. The highest BCUT2D eigenvalue weighted by molar-refractivity contribution is 7.92. The number of hydrogen-bond acceptors (Lipinski definition) is 9. The maximum absolute atomic E-state index is 13.6. The predicted octanol–water partition coefficient (Wildman–Crippen LogP) is 2.39. The second kappa shape index (κ2) is 15.0. The molecule has 2 aliphatic heterocycles. The van der Waals surface area contributed by atoms with Crippen LogP contribution < -0.4 is 10.6 Å². The summed E-state index contributed by atoms with van der Waals surface area (Å²) < 4.78 is 30.9. The number of carbonyl (C=O) groups excluding carboxylic acids is 2. The van der Waals surface area contributed by atoms with Crippen molar-refractivity contribution in [3.05, 3.63) is 66.0 Å². The van der Waals surface area contributed by atoms with Crippen LogP contribution in [0.2, 0.25) is 0 Å². The number of sulfone groups is 1. The van der Waals surface area contributed by atoms with Gasteiger partial charge in [-0.2, -0.15) is 0 Å². The van der Waals surface area contributed by atoms with E-state index >= 15 is 0 Å². The van der Waals surface area contributed by atoms with Crippen molar-refractivity contribution in [1.29, 1.82) is 0 Å². The topological polar surface area (TPSA) is 141 Å². The number of nitrogens with zero attached hydrogens (tertiary/aromatic N) is 3. The van der Waals surface area contributed by atoms with Gasteiger partial charge in [-0.1, -0.05) is 50.2 Å². The molecule has 2 amide bonds. The molecule has 45 heavy (non-hydrogen) atoms. The SMILES string of the molecule is CC(C)[C@@H]1[C@H](OC(=O)N[C@@H](Cc2ccccc2)[C@H](O)CN2CCN(Cc3cccnc3)C[C@H]2C(=O)NC(C)(C)C)CCS1(=O)=O. The summed E-state index contributed by atoms with van der Waals surface area (Å²) in [6.45, 7) is 11.9. The number of aliphatic hydroxyl groups excluding tert-OH is 1. The quantitative estimate of drug-likeness (QED) is 0.337. The van der Waals surface area contributed by atoms with E-state index in [9.17, 15) is 23.1 Å². The van der Waals surface area contributed by atoms with Gasteiger partial charge < -0.3 is 20.5 Å². The molecule has 0 aliphatic carbocycles. The number of hydrogen-bond donors (Lipinski definition) is 3. The van der Waals surface area contributed by atoms with Crippen LogP contribution >= 0.6 is 0 Å². The molecule has 1 aromatic heterocycles. The van der Waals surface area contributed by atoms with Crippen molar-refractivity contribution in [2.24, 2.45) is 5.92 Å². The smallest absolute Gasteiger partial charge is 0.407 e. The third-order valence-corrected chi connectivity index (χ3v) is 10.9. The molecule has 2 aromatic rings. The molecular formula is C33H49N5O6S. The maximum atomic E-state index is 13.6. The number of piperazine rings is 1. The van der Waals surface area contributed by atoms with Crippen LogP contribution in [-0.4, -0.2) is 107 Å². The summed E-state index contributed by atoms with van der Waals surface area (Å²) in [4.78, 5) is 35.2. The summed E-state index contributed by atoms with van der Waals surface area (Å²) in [6.07, 6.45) is 1.58. The second-order valence-electron chi connectivity index (χ2n) is 13.7. The van der Waals surface area contributed by atoms with Gasteiger partial charge in [-0.25, -0.2) is 13.2 Å². The van der Waals surface area contributed by atoms with Gasteiger partial charge in [-0.3, -0.25) is 19.6 Å². The molecule has 5 atom stereocenters. The summed E-state index contributed by atoms with van der Waals surface area (Å²) in [7, 11) is -3.35. The van der Waals surface area contributed by atoms with Crippen LogP contribution in [0.15, 0.2) is 54.9 Å². The van der Waals surface area contributed by atoms with Gasteiger partial charge >= 0.3 is 6.09 Å². The minimum Gasteiger partial charge on any atom is -0.445 e. The molecule has 1 aromatic carbocycles. The molecular weight excluding hydrogens is 594 g/mol. The second-order valence-corrected chi connectivity index (χ2v) is 15.9. The van der Waals surface area contributed by atoms with Crippen LogP contribution in [-0.2, 0) is 32.3 Å². The molecule has 0 spiro atoms. The lowest BCUT2D eigenvalue weighted by Gasteiger charge is -2.43. The number of alkyl carbamates (subject to hydrolysis) is 1. The van der Waals surface area contributed by atoms with Crippen molar-refractivity contribution in [3.8, 4) is 0 Å². The largest absolute Gasteiger partial charge is 0.445 e. The zero-order valence-electron chi connectivity index (χ0n) is 27.1. The molecule has 2 saturated heterocycles. The molecule has 0 bridgehead atoms. The van der Waals surface area contributed by atoms with Gasteiger partial charge in [0, 0.05) is 50.7 Å². The summed E-state index contributed by atoms with van der Waals surface area (Å²) in [5.41, 5.74) is 1.53. The van der Waals surface area contributed by atoms with E-state index in [1.165, 1.54) is 0 Å². The number of benzene rings is 1. The van der Waals surface area contributed by atoms with Crippen molar-refractivity contribution in [1.82, 2.24) is 25.4 Å². The molecule has 12 heteroatoms. The number of β-amino-alcohol motifs (C(OH)–C–C–N with tert-alkyl or cyclic N) is 1. The number of ether oxygens (including phenoxy) is 1. The number of amides is 2. The molecule has 3 N–H and O–H groups in total. The number of aliphatic hydroxyl groups is 1. The molecule has 0 unspecified atom stereocenters. The highest BCUT2D eigenvalue weighted by atomic mass is 32.2. The first kappa shape index (κ1) is 34.8. The van der Waals surface area contributed by atoms with Crippen LogP contribution in [0.25, 0.3) is 0 Å². The average molecular weight is 644 g/mol. The number of rotatable bonds is 11. The Balaban J connectivity index is 1.49. The van der Waals surface area contributed by atoms with E-state index in [-0.39, 0.29) is 30.5 Å². The van der Waals surface area contributed by atoms with Gasteiger partial charge in [0.1, 0.15) is 17.4 Å². The van der Waals surface area contributed by atoms with Crippen LogP contribution in [0, 0.1) is 5.92 Å². The Labute approximate surface area is 267 Å². The molecule has 2 aliphatic rings. The van der Waals surface area contributed by atoms with E-state index in [0.29, 0.717) is 32.6 Å². The Kier molecular flexibility index (Phi) is 11.6. The lowest BCUT2D eigenvalue weighted by molar-refractivity contribution is -0.131. The van der Waals surface area contributed by atoms with Gasteiger partial charge in [0.05, 0.1) is 17.9 Å². The minimum absolute atomic E-state index is 0.0192. The van der Waals surface area contributed by atoms with Crippen molar-refractivity contribution in [3.63, 3.8) is 0 Å². The highest BCUT2D eigenvalue weighted by Gasteiger charge is 2.45. The van der Waals surface area contributed by atoms with Gasteiger partial charge in [-0.05, 0) is 56.7 Å². The number of aromatic nitrogens is 1. The van der Waals surface area contributed by atoms with E-state index in [4.69, 9.17) is 4.74 Å². The standard InChI is InChI=1S/C33H49N5O6S/c1-23(2)30-29(13-17-45(30,42)43)44-32(41)35-26(18-24-10-7-6-8-11-24)28(39)22-38-16-15-37(20-25-12-9-14-34-19-25)21-27(38)31(40)36-33(3,4)5/h6-12,14,19,23,26-30,39H,13,15-18,20-22H2,1-5H3,(H,35,41)(H,36,40)/t26-,27-,28+,29+,30+/m0/s1. The molecule has 248 valence electrons. The number of nitrogens with one attached hydrogen (secondary N) is 2. The zero-order valence-corrected chi connectivity index (χ0v) is 27.9. The molecule has 3 heterocycles. The van der Waals surface area contributed by atoms with Crippen molar-refractivity contribution >= 4 is 21.8 Å². The summed E-state index contributed by atoms with van der Waals surface area (Å²) in [5.74, 6) is -0.344. The molecule has 2 fully saturated rings. The lowest BCUT2D eigenvalue weighted by atomic mass is 9.99. The van der Waals surface area contributed by atoms with Crippen LogP contribution in [0.1, 0.15) is 52.2 Å². The molecule has 11 nitrogen and oxygen atoms in total. The molecule has 4 rings (SSSR count). The van der Waals surface area contributed by atoms with E-state index in [0.717, 1.165) is 11.1 Å². The van der Waals surface area contributed by atoms with Crippen molar-refractivity contribution in [2.45, 2.75) is 89.1 Å². The van der Waals surface area contributed by atoms with E-state index < -0.39 is 51.0 Å². The van der Waals surface area contributed by atoms with Gasteiger partial charge in [0.25, 0.3) is 0 Å². The Bertz CT molecular complexity index is 1370. The zero-order chi connectivity index (χ0) is 32.8. The number of carbonyl (C=O) groups is 2. The van der Waals surface area contributed by atoms with E-state index in [1.807, 2.05) is 88.2 Å². The first-order valence-corrected chi connectivity index (χ1v) is 17.5. The Morgan fingerprint density at radius 2 is 1.80 bits per heavy atom. The first-order valence-electron chi connectivity index (χ1n) is 15.8. The Morgan fingerprint density at radius 1 is 1.09 bits per heavy atom. The monoisotopic (exact) mass is 643 g/mol. The third-order valence-electron chi connectivity index (χ3n) is 8.38. The summed E-state index contributed by atoms with van der Waals surface area (Å²) >= 11 is 0. The van der Waals surface area contributed by atoms with Crippen LogP contribution in [0.5, 0.6) is 0 Å². The van der Waals surface area contributed by atoms with E-state index in [1.54, 1.807) is 6.20 Å². The Morgan fingerprint density at radius 3 is 2.44 bits per heavy atom. The van der Waals surface area contributed by atoms with Gasteiger partial charge in [0.15, 0.2) is 9.84 Å². The van der Waals surface area contributed by atoms with Gasteiger partial charge in [-0.15, -0.1) is 0 Å². The lowest BCUT2D eigenvalue weighted by Crippen LogP contribution is -2.63. The van der Waals surface area contributed by atoms with Gasteiger partial charge in [0.2, 0.25) is 5.91 Å². The average Bonchev–Trinajstić information content (AvgIpc) is 3.27. The fourth-order valence-electron chi connectivity index (χ4n) is 6.31. The third kappa shape index (κ3) is 9.96. The fourth-order valence-corrected chi connectivity index (χ4v) is 8.63. The number of pyridine rings is 1. The Hall–Kier alpha value is -3.06. The highest BCUT2D eigenvalue weighted by Crippen LogP contribution is 2.29. The van der Waals surface area contributed by atoms with Crippen molar-refractivity contribution < 1.29 is 27.9 Å². The fraction of sp³-hybridized carbons (Fsp3) is 0.606. The van der Waals surface area contributed by atoms with E-state index in [2.05, 4.69) is 20.5 Å². The summed E-state index contributed by atoms with van der Waals surface area (Å²) in [6, 6.07) is 12.2. The maximum Gasteiger partial charge on any atom is 0.407 e. The first-order chi connectivity index (χ1) is 21.2. The normalized spacial score (nSPS) is 23.8. The minimum atomic E-state index is -3.35.